The van der Waals surface area contributed by atoms with Gasteiger partial charge >= 0.3 is 0 Å². The second-order valence-corrected chi connectivity index (χ2v) is 7.77. The largest absolute Gasteiger partial charge is 0.346 e. The maximum atomic E-state index is 12.5. The second kappa shape index (κ2) is 8.80. The zero-order valence-electron chi connectivity index (χ0n) is 14.3. The molecule has 2 aromatic carbocycles. The summed E-state index contributed by atoms with van der Waals surface area (Å²) in [4.78, 5) is 20.5. The first-order valence-electron chi connectivity index (χ1n) is 8.23. The Labute approximate surface area is 166 Å². The quantitative estimate of drug-likeness (QED) is 0.577. The Kier molecular flexibility index (Phi) is 6.46. The number of halogens is 2. The van der Waals surface area contributed by atoms with Crippen LogP contribution in [0.4, 0.5) is 0 Å². The fourth-order valence-electron chi connectivity index (χ4n) is 2.73. The number of carbonyl (C=O) groups excluding carboxylic acids is 1. The number of rotatable bonds is 7. The third-order valence-electron chi connectivity index (χ3n) is 4.03. The van der Waals surface area contributed by atoms with Gasteiger partial charge in [-0.25, -0.2) is 4.98 Å². The number of carbonyl (C=O) groups is 1. The van der Waals surface area contributed by atoms with Gasteiger partial charge in [0, 0.05) is 0 Å². The normalized spacial score (nSPS) is 12.3. The molecule has 0 aliphatic heterocycles. The predicted molar refractivity (Wildman–Crippen MR) is 110 cm³/mol. The molecule has 3 aromatic rings. The lowest BCUT2D eigenvalue weighted by molar-refractivity contribution is -0.121. The second-order valence-electron chi connectivity index (χ2n) is 5.97. The minimum absolute atomic E-state index is 0.0741. The highest BCUT2D eigenvalue weighted by atomic mass is 35.5. The van der Waals surface area contributed by atoms with Crippen LogP contribution in [0.25, 0.3) is 11.0 Å². The van der Waals surface area contributed by atoms with Gasteiger partial charge in [-0.1, -0.05) is 41.4 Å². The molecule has 2 N–H and O–H groups in total. The van der Waals surface area contributed by atoms with E-state index in [0.717, 1.165) is 34.6 Å². The number of H-pyrrole nitrogens is 1. The summed E-state index contributed by atoms with van der Waals surface area (Å²) in [6.07, 6.45) is 3.09. The molecule has 0 unspecified atom stereocenters. The smallest absolute Gasteiger partial charge is 0.225 e. The lowest BCUT2D eigenvalue weighted by Gasteiger charge is -2.16. The van der Waals surface area contributed by atoms with Crippen molar-refractivity contribution in [1.82, 2.24) is 15.3 Å². The molecule has 0 radical (unpaired) electrons. The van der Waals surface area contributed by atoms with E-state index in [1.54, 1.807) is 23.9 Å². The topological polar surface area (TPSA) is 57.8 Å². The number of aromatic amines is 1. The van der Waals surface area contributed by atoms with Crippen molar-refractivity contribution in [2.24, 2.45) is 0 Å². The number of amides is 1. The van der Waals surface area contributed by atoms with Gasteiger partial charge in [0.1, 0.15) is 5.82 Å². The molecular weight excluding hydrogens is 389 g/mol. The van der Waals surface area contributed by atoms with E-state index >= 15 is 0 Å². The monoisotopic (exact) mass is 407 g/mol. The number of hydrogen-bond donors (Lipinski definition) is 2. The van der Waals surface area contributed by atoms with Crippen molar-refractivity contribution >= 4 is 51.9 Å². The molecule has 0 aliphatic rings. The van der Waals surface area contributed by atoms with Crippen molar-refractivity contribution in [2.75, 3.05) is 12.0 Å². The van der Waals surface area contributed by atoms with Gasteiger partial charge in [-0.15, -0.1) is 0 Å². The highest BCUT2D eigenvalue weighted by molar-refractivity contribution is 7.98. The Bertz CT molecular complexity index is 880. The molecule has 0 fully saturated rings. The number of nitrogens with one attached hydrogen (secondary N) is 2. The first kappa shape index (κ1) is 19.1. The Balaban J connectivity index is 1.74. The summed E-state index contributed by atoms with van der Waals surface area (Å²) in [6, 6.07) is 12.9. The van der Waals surface area contributed by atoms with E-state index < -0.39 is 0 Å². The van der Waals surface area contributed by atoms with E-state index in [1.165, 1.54) is 0 Å². The number of nitrogens with zero attached hydrogens (tertiary/aromatic N) is 1. The van der Waals surface area contributed by atoms with Crippen LogP contribution < -0.4 is 5.32 Å². The fourth-order valence-corrected chi connectivity index (χ4v) is 3.52. The molecule has 0 bridgehead atoms. The fraction of sp³-hybridized carbons (Fsp3) is 0.263. The van der Waals surface area contributed by atoms with Crippen LogP contribution in [0.2, 0.25) is 10.0 Å². The third kappa shape index (κ3) is 4.72. The standard InChI is InChI=1S/C19H19Cl2N3OS/c1-26-9-8-17(19-23-15-4-2-3-5-16(15)24-19)22-18(25)11-12-6-7-13(20)14(21)10-12/h2-7,10,17H,8-9,11H2,1H3,(H,22,25)(H,23,24)/t17-/m1/s1. The summed E-state index contributed by atoms with van der Waals surface area (Å²) in [6.45, 7) is 0. The van der Waals surface area contributed by atoms with Crippen LogP contribution in [0.1, 0.15) is 23.9 Å². The molecular formula is C19H19Cl2N3OS. The van der Waals surface area contributed by atoms with Gasteiger partial charge in [-0.05, 0) is 48.3 Å². The highest BCUT2D eigenvalue weighted by Gasteiger charge is 2.18. The number of benzene rings is 2. The number of hydrogen-bond acceptors (Lipinski definition) is 3. The van der Waals surface area contributed by atoms with Gasteiger partial charge in [0.25, 0.3) is 0 Å². The molecule has 1 atom stereocenters. The van der Waals surface area contributed by atoms with Crippen molar-refractivity contribution in [3.05, 3.63) is 63.9 Å². The van der Waals surface area contributed by atoms with Crippen molar-refractivity contribution in [3.63, 3.8) is 0 Å². The van der Waals surface area contributed by atoms with Crippen LogP contribution in [0, 0.1) is 0 Å². The molecule has 0 saturated heterocycles. The van der Waals surface area contributed by atoms with Gasteiger partial charge in [0.05, 0.1) is 33.5 Å². The Morgan fingerprint density at radius 2 is 2.04 bits per heavy atom. The van der Waals surface area contributed by atoms with E-state index in [1.807, 2.05) is 36.6 Å². The van der Waals surface area contributed by atoms with Gasteiger partial charge in [-0.3, -0.25) is 4.79 Å². The van der Waals surface area contributed by atoms with Crippen LogP contribution >= 0.6 is 35.0 Å². The highest BCUT2D eigenvalue weighted by Crippen LogP contribution is 2.23. The van der Waals surface area contributed by atoms with Crippen LogP contribution in [0.15, 0.2) is 42.5 Å². The van der Waals surface area contributed by atoms with E-state index in [9.17, 15) is 4.79 Å². The summed E-state index contributed by atoms with van der Waals surface area (Å²) in [5.41, 5.74) is 2.69. The molecule has 3 rings (SSSR count). The van der Waals surface area contributed by atoms with Gasteiger partial charge in [0.15, 0.2) is 0 Å². The van der Waals surface area contributed by atoms with E-state index in [4.69, 9.17) is 23.2 Å². The van der Waals surface area contributed by atoms with E-state index in [-0.39, 0.29) is 18.4 Å². The van der Waals surface area contributed by atoms with Crippen LogP contribution in [-0.4, -0.2) is 27.9 Å². The Morgan fingerprint density at radius 3 is 2.77 bits per heavy atom. The average molecular weight is 408 g/mol. The predicted octanol–water partition coefficient (Wildman–Crippen LogP) is 5.02. The number of thioether (sulfide) groups is 1. The Morgan fingerprint density at radius 1 is 1.23 bits per heavy atom. The zero-order chi connectivity index (χ0) is 18.5. The third-order valence-corrected chi connectivity index (χ3v) is 5.42. The summed E-state index contributed by atoms with van der Waals surface area (Å²) in [5, 5.41) is 4.02. The van der Waals surface area contributed by atoms with Gasteiger partial charge in [-0.2, -0.15) is 11.8 Å². The van der Waals surface area contributed by atoms with Crippen molar-refractivity contribution < 1.29 is 4.79 Å². The number of para-hydroxylation sites is 2. The van der Waals surface area contributed by atoms with Crippen molar-refractivity contribution in [2.45, 2.75) is 18.9 Å². The van der Waals surface area contributed by atoms with Crippen LogP contribution in [0.3, 0.4) is 0 Å². The molecule has 136 valence electrons. The van der Waals surface area contributed by atoms with Crippen LogP contribution in [-0.2, 0) is 11.2 Å². The SMILES string of the molecule is CSCC[C@@H](NC(=O)Cc1ccc(Cl)c(Cl)c1)c1nc2ccccc2[nH]1. The molecule has 26 heavy (non-hydrogen) atoms. The zero-order valence-corrected chi connectivity index (χ0v) is 16.6. The molecule has 1 heterocycles. The molecule has 0 saturated carbocycles. The minimum Gasteiger partial charge on any atom is -0.346 e. The minimum atomic E-state index is -0.162. The maximum absolute atomic E-state index is 12.5. The summed E-state index contributed by atoms with van der Waals surface area (Å²) in [7, 11) is 0. The number of imidazole rings is 1. The van der Waals surface area contributed by atoms with Gasteiger partial charge in [0.2, 0.25) is 5.91 Å². The molecule has 0 aliphatic carbocycles. The Hall–Kier alpha value is -1.69. The molecule has 7 heteroatoms. The average Bonchev–Trinajstić information content (AvgIpc) is 3.05. The van der Waals surface area contributed by atoms with E-state index in [2.05, 4.69) is 15.3 Å². The molecule has 1 aromatic heterocycles. The summed E-state index contributed by atoms with van der Waals surface area (Å²) < 4.78 is 0. The molecule has 0 spiro atoms. The molecule has 4 nitrogen and oxygen atoms in total. The molecule has 1 amide bonds. The number of aromatic nitrogens is 2. The lowest BCUT2D eigenvalue weighted by Crippen LogP contribution is -2.31. The summed E-state index contributed by atoms with van der Waals surface area (Å²) in [5.74, 6) is 1.63. The van der Waals surface area contributed by atoms with Crippen LogP contribution in [0.5, 0.6) is 0 Å². The first-order chi connectivity index (χ1) is 12.6. The first-order valence-corrected chi connectivity index (χ1v) is 10.4. The van der Waals surface area contributed by atoms with E-state index in [0.29, 0.717) is 10.0 Å². The maximum Gasteiger partial charge on any atom is 0.225 e. The van der Waals surface area contributed by atoms with Crippen molar-refractivity contribution in [3.8, 4) is 0 Å². The lowest BCUT2D eigenvalue weighted by atomic mass is 10.1. The van der Waals surface area contributed by atoms with Gasteiger partial charge < -0.3 is 10.3 Å². The summed E-state index contributed by atoms with van der Waals surface area (Å²) >= 11 is 13.7. The number of fused-ring (bicyclic) bond motifs is 1. The van der Waals surface area contributed by atoms with Crippen molar-refractivity contribution in [1.29, 1.82) is 0 Å².